The number of hydrogen-bond acceptors (Lipinski definition) is 3. The minimum Gasteiger partial charge on any atom is -0.468 e. The number of hydrogen-bond donors (Lipinski definition) is 0. The molecule has 3 rings (SSSR count). The Morgan fingerprint density at radius 3 is 2.75 bits per heavy atom. The highest BCUT2D eigenvalue weighted by Gasteiger charge is 2.48. The molecule has 0 amide bonds. The third-order valence-corrected chi connectivity index (χ3v) is 5.62. The van der Waals surface area contributed by atoms with E-state index in [0.717, 1.165) is 12.0 Å². The van der Waals surface area contributed by atoms with E-state index in [1.807, 2.05) is 24.3 Å². The van der Waals surface area contributed by atoms with Gasteiger partial charge in [0, 0.05) is 5.56 Å². The molecule has 0 N–H and O–H groups in total. The first-order valence-corrected chi connectivity index (χ1v) is 9.05. The molecular weight excluding hydrogens is 300 g/mol. The molecule has 1 atom stereocenters. The Morgan fingerprint density at radius 1 is 1.25 bits per heavy atom. The lowest BCUT2D eigenvalue weighted by Gasteiger charge is -2.33. The zero-order valence-corrected chi connectivity index (χ0v) is 14.4. The van der Waals surface area contributed by atoms with Gasteiger partial charge in [0.25, 0.3) is 0 Å². The SMILES string of the molecule is COC(=O)[C@]1(C/C=C\C2CCCCC2)CCc2ccccc2C1=O. The fourth-order valence-electron chi connectivity index (χ4n) is 4.14. The van der Waals surface area contributed by atoms with E-state index in [4.69, 9.17) is 4.74 Å². The number of aryl methyl sites for hydroxylation is 1. The largest absolute Gasteiger partial charge is 0.468 e. The van der Waals surface area contributed by atoms with Gasteiger partial charge >= 0.3 is 5.97 Å². The van der Waals surface area contributed by atoms with Crippen molar-refractivity contribution in [3.63, 3.8) is 0 Å². The first-order valence-electron chi connectivity index (χ1n) is 9.05. The molecule has 1 aromatic carbocycles. The van der Waals surface area contributed by atoms with Crippen LogP contribution >= 0.6 is 0 Å². The van der Waals surface area contributed by atoms with E-state index < -0.39 is 11.4 Å². The Kier molecular flexibility index (Phi) is 5.17. The van der Waals surface area contributed by atoms with Gasteiger partial charge in [0.05, 0.1) is 7.11 Å². The molecule has 2 aliphatic carbocycles. The molecule has 24 heavy (non-hydrogen) atoms. The van der Waals surface area contributed by atoms with Crippen LogP contribution in [-0.4, -0.2) is 18.9 Å². The van der Waals surface area contributed by atoms with Gasteiger partial charge in [0.1, 0.15) is 5.41 Å². The molecule has 0 aromatic heterocycles. The summed E-state index contributed by atoms with van der Waals surface area (Å²) in [4.78, 5) is 25.6. The van der Waals surface area contributed by atoms with Crippen LogP contribution in [0.15, 0.2) is 36.4 Å². The van der Waals surface area contributed by atoms with Crippen LogP contribution in [-0.2, 0) is 16.0 Å². The Bertz CT molecular complexity index is 640. The molecule has 3 heteroatoms. The number of esters is 1. The van der Waals surface area contributed by atoms with Crippen LogP contribution in [0.3, 0.4) is 0 Å². The zero-order valence-electron chi connectivity index (χ0n) is 14.4. The fraction of sp³-hybridized carbons (Fsp3) is 0.524. The van der Waals surface area contributed by atoms with E-state index in [-0.39, 0.29) is 5.78 Å². The number of methoxy groups -OCH3 is 1. The van der Waals surface area contributed by atoms with E-state index in [0.29, 0.717) is 24.3 Å². The lowest BCUT2D eigenvalue weighted by molar-refractivity contribution is -0.150. The van der Waals surface area contributed by atoms with E-state index in [1.165, 1.54) is 39.2 Å². The fourth-order valence-corrected chi connectivity index (χ4v) is 4.14. The summed E-state index contributed by atoms with van der Waals surface area (Å²) in [7, 11) is 1.38. The van der Waals surface area contributed by atoms with Crippen molar-refractivity contribution in [2.24, 2.45) is 11.3 Å². The number of ether oxygens (including phenoxy) is 1. The van der Waals surface area contributed by atoms with Crippen LogP contribution in [0.4, 0.5) is 0 Å². The molecule has 0 spiro atoms. The van der Waals surface area contributed by atoms with Gasteiger partial charge in [-0.25, -0.2) is 0 Å². The number of rotatable bonds is 4. The minimum atomic E-state index is -1.05. The Labute approximate surface area is 144 Å². The van der Waals surface area contributed by atoms with Crippen molar-refractivity contribution in [1.29, 1.82) is 0 Å². The van der Waals surface area contributed by atoms with Gasteiger partial charge in [-0.15, -0.1) is 0 Å². The maximum absolute atomic E-state index is 13.1. The molecule has 3 nitrogen and oxygen atoms in total. The number of carbonyl (C=O) groups is 2. The summed E-state index contributed by atoms with van der Waals surface area (Å²) >= 11 is 0. The van der Waals surface area contributed by atoms with Crippen LogP contribution in [0.2, 0.25) is 0 Å². The minimum absolute atomic E-state index is 0.0792. The van der Waals surface area contributed by atoms with E-state index in [9.17, 15) is 9.59 Å². The van der Waals surface area contributed by atoms with Gasteiger partial charge in [-0.05, 0) is 43.6 Å². The summed E-state index contributed by atoms with van der Waals surface area (Å²) < 4.78 is 5.03. The van der Waals surface area contributed by atoms with Crippen LogP contribution < -0.4 is 0 Å². The highest BCUT2D eigenvalue weighted by molar-refractivity contribution is 6.14. The van der Waals surface area contributed by atoms with E-state index >= 15 is 0 Å². The van der Waals surface area contributed by atoms with Crippen molar-refractivity contribution in [3.8, 4) is 0 Å². The van der Waals surface area contributed by atoms with Crippen molar-refractivity contribution in [2.75, 3.05) is 7.11 Å². The van der Waals surface area contributed by atoms with Crippen LogP contribution in [0, 0.1) is 11.3 Å². The van der Waals surface area contributed by atoms with E-state index in [1.54, 1.807) is 0 Å². The van der Waals surface area contributed by atoms with Crippen molar-refractivity contribution in [2.45, 2.75) is 51.4 Å². The first kappa shape index (κ1) is 16.9. The average molecular weight is 326 g/mol. The number of allylic oxidation sites excluding steroid dienone is 2. The number of benzene rings is 1. The summed E-state index contributed by atoms with van der Waals surface area (Å²) in [6.45, 7) is 0. The predicted molar refractivity (Wildman–Crippen MR) is 93.9 cm³/mol. The molecule has 0 bridgehead atoms. The summed E-state index contributed by atoms with van der Waals surface area (Å²) in [6, 6.07) is 7.62. The molecular formula is C21H26O3. The summed E-state index contributed by atoms with van der Waals surface area (Å²) in [5.41, 5.74) is 0.673. The molecule has 2 aliphatic rings. The molecule has 1 aromatic rings. The monoisotopic (exact) mass is 326 g/mol. The molecule has 1 saturated carbocycles. The van der Waals surface area contributed by atoms with Gasteiger partial charge < -0.3 is 4.74 Å². The van der Waals surface area contributed by atoms with Crippen LogP contribution in [0.1, 0.15) is 60.9 Å². The molecule has 0 aliphatic heterocycles. The van der Waals surface area contributed by atoms with Gasteiger partial charge in [-0.1, -0.05) is 55.7 Å². The topological polar surface area (TPSA) is 43.4 Å². The number of carbonyl (C=O) groups excluding carboxylic acids is 2. The molecule has 128 valence electrons. The third kappa shape index (κ3) is 3.17. The van der Waals surface area contributed by atoms with Crippen molar-refractivity contribution < 1.29 is 14.3 Å². The first-order chi connectivity index (χ1) is 11.7. The number of Topliss-reactive ketones (excluding diaryl/α,β-unsaturated/α-hetero) is 1. The second kappa shape index (κ2) is 7.33. The molecule has 0 radical (unpaired) electrons. The van der Waals surface area contributed by atoms with Crippen LogP contribution in [0.5, 0.6) is 0 Å². The summed E-state index contributed by atoms with van der Waals surface area (Å²) in [6.07, 6.45) is 12.3. The number of ketones is 1. The number of fused-ring (bicyclic) bond motifs is 1. The molecule has 0 saturated heterocycles. The third-order valence-electron chi connectivity index (χ3n) is 5.62. The zero-order chi connectivity index (χ0) is 17.0. The average Bonchev–Trinajstić information content (AvgIpc) is 2.64. The normalized spacial score (nSPS) is 24.8. The Hall–Kier alpha value is -1.90. The van der Waals surface area contributed by atoms with E-state index in [2.05, 4.69) is 12.2 Å². The summed E-state index contributed by atoms with van der Waals surface area (Å²) in [5.74, 6) is 0.124. The maximum atomic E-state index is 13.1. The molecule has 1 fully saturated rings. The molecule has 0 unspecified atom stereocenters. The highest BCUT2D eigenvalue weighted by atomic mass is 16.5. The van der Waals surface area contributed by atoms with Crippen molar-refractivity contribution >= 4 is 11.8 Å². The van der Waals surface area contributed by atoms with Crippen molar-refractivity contribution in [3.05, 3.63) is 47.5 Å². The summed E-state index contributed by atoms with van der Waals surface area (Å²) in [5, 5.41) is 0. The lowest BCUT2D eigenvalue weighted by Crippen LogP contribution is -2.43. The second-order valence-electron chi connectivity index (χ2n) is 7.09. The smallest absolute Gasteiger partial charge is 0.320 e. The van der Waals surface area contributed by atoms with Crippen molar-refractivity contribution in [1.82, 2.24) is 0 Å². The lowest BCUT2D eigenvalue weighted by atomic mass is 9.68. The standard InChI is InChI=1S/C21H26O3/c1-24-20(23)21(14-7-10-16-8-3-2-4-9-16)15-13-17-11-5-6-12-18(17)19(21)22/h5-7,10-12,16H,2-4,8-9,13-15H2,1H3/b10-7-/t21-/m1/s1. The van der Waals surface area contributed by atoms with Gasteiger partial charge in [0.2, 0.25) is 0 Å². The highest BCUT2D eigenvalue weighted by Crippen LogP contribution is 2.40. The van der Waals surface area contributed by atoms with Gasteiger partial charge in [-0.3, -0.25) is 9.59 Å². The van der Waals surface area contributed by atoms with Gasteiger partial charge in [-0.2, -0.15) is 0 Å². The predicted octanol–water partition coefficient (Wildman–Crippen LogP) is 4.50. The quantitative estimate of drug-likeness (QED) is 0.465. The molecule has 0 heterocycles. The van der Waals surface area contributed by atoms with Gasteiger partial charge in [0.15, 0.2) is 5.78 Å². The Balaban J connectivity index is 1.82. The van der Waals surface area contributed by atoms with Crippen LogP contribution in [0.25, 0.3) is 0 Å². The Morgan fingerprint density at radius 2 is 2.00 bits per heavy atom. The maximum Gasteiger partial charge on any atom is 0.320 e. The second-order valence-corrected chi connectivity index (χ2v) is 7.09.